The molecule has 0 spiro atoms. The molecule has 0 saturated heterocycles. The third-order valence-electron chi connectivity index (χ3n) is 2.73. The van der Waals surface area contributed by atoms with Crippen LogP contribution in [0.2, 0.25) is 0 Å². The maximum absolute atomic E-state index is 10.9. The van der Waals surface area contributed by atoms with Gasteiger partial charge in [-0.2, -0.15) is 0 Å². The van der Waals surface area contributed by atoms with Crippen molar-refractivity contribution < 1.29 is 4.92 Å². The number of fused-ring (bicyclic) bond motifs is 1. The SMILES string of the molecule is O=[N+]([O-])c1ccccc1/C=N/c1nc2ccccc2s1. The van der Waals surface area contributed by atoms with Gasteiger partial charge in [0.05, 0.1) is 20.7 Å². The molecule has 0 aliphatic heterocycles. The van der Waals surface area contributed by atoms with Gasteiger partial charge in [-0.25, -0.2) is 9.98 Å². The summed E-state index contributed by atoms with van der Waals surface area (Å²) in [5.41, 5.74) is 1.39. The summed E-state index contributed by atoms with van der Waals surface area (Å²) in [5, 5.41) is 11.5. The molecule has 20 heavy (non-hydrogen) atoms. The van der Waals surface area contributed by atoms with Crippen molar-refractivity contribution in [1.82, 2.24) is 4.98 Å². The molecular weight excluding hydrogens is 274 g/mol. The zero-order chi connectivity index (χ0) is 13.9. The second-order valence-electron chi connectivity index (χ2n) is 4.04. The highest BCUT2D eigenvalue weighted by Gasteiger charge is 2.10. The maximum atomic E-state index is 10.9. The van der Waals surface area contributed by atoms with E-state index in [-0.39, 0.29) is 5.69 Å². The normalized spacial score (nSPS) is 11.2. The molecule has 2 aromatic carbocycles. The van der Waals surface area contributed by atoms with Gasteiger partial charge < -0.3 is 0 Å². The van der Waals surface area contributed by atoms with E-state index in [2.05, 4.69) is 9.98 Å². The second-order valence-corrected chi connectivity index (χ2v) is 5.05. The molecule has 98 valence electrons. The summed E-state index contributed by atoms with van der Waals surface area (Å²) in [4.78, 5) is 19.1. The Morgan fingerprint density at radius 3 is 2.70 bits per heavy atom. The van der Waals surface area contributed by atoms with E-state index >= 15 is 0 Å². The second kappa shape index (κ2) is 5.18. The summed E-state index contributed by atoms with van der Waals surface area (Å²) in [6.07, 6.45) is 1.48. The molecule has 0 radical (unpaired) electrons. The minimum Gasteiger partial charge on any atom is -0.258 e. The quantitative estimate of drug-likeness (QED) is 0.415. The van der Waals surface area contributed by atoms with Crippen molar-refractivity contribution in [3.05, 3.63) is 64.2 Å². The van der Waals surface area contributed by atoms with E-state index in [1.165, 1.54) is 23.6 Å². The molecule has 0 amide bonds. The first-order valence-corrected chi connectivity index (χ1v) is 6.69. The molecule has 6 heteroatoms. The number of hydrogen-bond donors (Lipinski definition) is 0. The van der Waals surface area contributed by atoms with Crippen LogP contribution in [-0.4, -0.2) is 16.1 Å². The van der Waals surface area contributed by atoms with E-state index in [1.807, 2.05) is 24.3 Å². The Labute approximate surface area is 118 Å². The van der Waals surface area contributed by atoms with Gasteiger partial charge in [-0.3, -0.25) is 10.1 Å². The first-order chi connectivity index (χ1) is 9.74. The molecule has 0 unspecified atom stereocenters. The van der Waals surface area contributed by atoms with Gasteiger partial charge in [-0.1, -0.05) is 35.6 Å². The molecule has 0 atom stereocenters. The predicted molar refractivity (Wildman–Crippen MR) is 80.0 cm³/mol. The highest BCUT2D eigenvalue weighted by Crippen LogP contribution is 2.27. The highest BCUT2D eigenvalue weighted by molar-refractivity contribution is 7.22. The van der Waals surface area contributed by atoms with Crippen molar-refractivity contribution in [3.63, 3.8) is 0 Å². The van der Waals surface area contributed by atoms with Crippen molar-refractivity contribution >= 4 is 38.6 Å². The Morgan fingerprint density at radius 2 is 1.90 bits per heavy atom. The minimum absolute atomic E-state index is 0.0392. The van der Waals surface area contributed by atoms with Gasteiger partial charge in [0.15, 0.2) is 0 Å². The van der Waals surface area contributed by atoms with E-state index in [0.717, 1.165) is 10.2 Å². The number of nitrogens with zero attached hydrogens (tertiary/aromatic N) is 3. The summed E-state index contributed by atoms with van der Waals surface area (Å²) >= 11 is 1.45. The van der Waals surface area contributed by atoms with Gasteiger partial charge in [0.1, 0.15) is 0 Å². The Morgan fingerprint density at radius 1 is 1.15 bits per heavy atom. The smallest absolute Gasteiger partial charge is 0.258 e. The molecule has 1 heterocycles. The van der Waals surface area contributed by atoms with Crippen LogP contribution in [0, 0.1) is 10.1 Å². The first kappa shape index (κ1) is 12.4. The van der Waals surface area contributed by atoms with Gasteiger partial charge in [0, 0.05) is 12.3 Å². The molecule has 5 nitrogen and oxygen atoms in total. The number of aromatic nitrogens is 1. The minimum atomic E-state index is -0.417. The van der Waals surface area contributed by atoms with Crippen molar-refractivity contribution in [1.29, 1.82) is 0 Å². The molecule has 1 aromatic heterocycles. The van der Waals surface area contributed by atoms with Crippen molar-refractivity contribution in [2.24, 2.45) is 4.99 Å². The molecular formula is C14H9N3O2S. The number of benzene rings is 2. The summed E-state index contributed by atoms with van der Waals surface area (Å²) in [6.45, 7) is 0. The summed E-state index contributed by atoms with van der Waals surface area (Å²) in [7, 11) is 0. The van der Waals surface area contributed by atoms with Crippen LogP contribution in [0.1, 0.15) is 5.56 Å². The number of para-hydroxylation sites is 2. The van der Waals surface area contributed by atoms with Crippen LogP contribution in [0.3, 0.4) is 0 Å². The molecule has 0 aliphatic rings. The van der Waals surface area contributed by atoms with Crippen molar-refractivity contribution in [2.45, 2.75) is 0 Å². The number of thiazole rings is 1. The fourth-order valence-electron chi connectivity index (χ4n) is 1.80. The first-order valence-electron chi connectivity index (χ1n) is 5.87. The van der Waals surface area contributed by atoms with Gasteiger partial charge in [0.25, 0.3) is 5.69 Å². The largest absolute Gasteiger partial charge is 0.278 e. The Hall–Kier alpha value is -2.60. The van der Waals surface area contributed by atoms with Crippen LogP contribution in [-0.2, 0) is 0 Å². The lowest BCUT2D eigenvalue weighted by Gasteiger charge is -1.94. The van der Waals surface area contributed by atoms with Crippen LogP contribution < -0.4 is 0 Å². The third-order valence-corrected chi connectivity index (χ3v) is 3.67. The number of aliphatic imine (C=N–C) groups is 1. The zero-order valence-corrected chi connectivity index (χ0v) is 11.1. The van der Waals surface area contributed by atoms with E-state index in [0.29, 0.717) is 10.7 Å². The summed E-state index contributed by atoms with van der Waals surface area (Å²) in [6, 6.07) is 14.2. The van der Waals surface area contributed by atoms with E-state index in [1.54, 1.807) is 18.2 Å². The Bertz CT molecular complexity index is 778. The fraction of sp³-hybridized carbons (Fsp3) is 0. The lowest BCUT2D eigenvalue weighted by Crippen LogP contribution is -1.93. The number of rotatable bonds is 3. The number of nitro benzene ring substituents is 1. The average Bonchev–Trinajstić information content (AvgIpc) is 2.88. The van der Waals surface area contributed by atoms with Gasteiger partial charge >= 0.3 is 0 Å². The van der Waals surface area contributed by atoms with E-state index in [4.69, 9.17) is 0 Å². The van der Waals surface area contributed by atoms with Crippen LogP contribution in [0.15, 0.2) is 53.5 Å². The molecule has 0 N–H and O–H groups in total. The average molecular weight is 283 g/mol. The molecule has 0 saturated carbocycles. The van der Waals surface area contributed by atoms with Crippen LogP contribution in [0.4, 0.5) is 10.8 Å². The number of hydrogen-bond acceptors (Lipinski definition) is 5. The van der Waals surface area contributed by atoms with Gasteiger partial charge in [-0.05, 0) is 18.2 Å². The van der Waals surface area contributed by atoms with Gasteiger partial charge in [0.2, 0.25) is 5.13 Å². The van der Waals surface area contributed by atoms with Crippen LogP contribution >= 0.6 is 11.3 Å². The Balaban J connectivity index is 1.96. The van der Waals surface area contributed by atoms with Gasteiger partial charge in [-0.15, -0.1) is 0 Å². The highest BCUT2D eigenvalue weighted by atomic mass is 32.1. The van der Waals surface area contributed by atoms with Crippen molar-refractivity contribution in [3.8, 4) is 0 Å². The monoisotopic (exact) mass is 283 g/mol. The predicted octanol–water partition coefficient (Wildman–Crippen LogP) is 3.96. The lowest BCUT2D eigenvalue weighted by molar-refractivity contribution is -0.385. The fourth-order valence-corrected chi connectivity index (χ4v) is 2.61. The molecule has 3 aromatic rings. The topological polar surface area (TPSA) is 68.4 Å². The molecule has 0 bridgehead atoms. The lowest BCUT2D eigenvalue weighted by atomic mass is 10.2. The van der Waals surface area contributed by atoms with E-state index in [9.17, 15) is 10.1 Å². The molecule has 3 rings (SSSR count). The molecule has 0 fully saturated rings. The van der Waals surface area contributed by atoms with E-state index < -0.39 is 4.92 Å². The summed E-state index contributed by atoms with van der Waals surface area (Å²) in [5.74, 6) is 0. The molecule has 0 aliphatic carbocycles. The van der Waals surface area contributed by atoms with Crippen LogP contribution in [0.25, 0.3) is 10.2 Å². The maximum Gasteiger partial charge on any atom is 0.278 e. The zero-order valence-electron chi connectivity index (χ0n) is 10.3. The third kappa shape index (κ3) is 2.41. The van der Waals surface area contributed by atoms with Crippen molar-refractivity contribution in [2.75, 3.05) is 0 Å². The standard InChI is InChI=1S/C14H9N3O2S/c18-17(19)12-7-3-1-5-10(12)9-15-14-16-11-6-2-4-8-13(11)20-14/h1-9H/b15-9+. The summed E-state index contributed by atoms with van der Waals surface area (Å²) < 4.78 is 1.04. The number of nitro groups is 1. The Kier molecular flexibility index (Phi) is 3.22. The van der Waals surface area contributed by atoms with Crippen LogP contribution in [0.5, 0.6) is 0 Å².